The van der Waals surface area contributed by atoms with Crippen molar-refractivity contribution < 1.29 is 22.7 Å². The predicted octanol–water partition coefficient (Wildman–Crippen LogP) is 4.03. The molecule has 7 nitrogen and oxygen atoms in total. The number of nitrogens with zero attached hydrogens (tertiary/aromatic N) is 1. The number of fused-ring (bicyclic) bond motifs is 1. The monoisotopic (exact) mass is 450 g/mol. The first-order chi connectivity index (χ1) is 14.3. The summed E-state index contributed by atoms with van der Waals surface area (Å²) in [6.07, 6.45) is 4.99. The molecule has 30 heavy (non-hydrogen) atoms. The van der Waals surface area contributed by atoms with Crippen molar-refractivity contribution in [3.8, 4) is 11.5 Å². The smallest absolute Gasteiger partial charge is 0.251 e. The Balaban J connectivity index is 1.40. The van der Waals surface area contributed by atoms with Crippen LogP contribution in [0.25, 0.3) is 0 Å². The Morgan fingerprint density at radius 3 is 2.43 bits per heavy atom. The first kappa shape index (κ1) is 21.0. The van der Waals surface area contributed by atoms with E-state index in [0.29, 0.717) is 22.2 Å². The number of amides is 1. The second-order valence-electron chi connectivity index (χ2n) is 7.60. The lowest BCUT2D eigenvalue weighted by Crippen LogP contribution is -2.40. The molecule has 1 spiro atoms. The molecule has 160 valence electrons. The van der Waals surface area contributed by atoms with Crippen LogP contribution >= 0.6 is 11.6 Å². The molecule has 0 bridgehead atoms. The fourth-order valence-corrected chi connectivity index (χ4v) is 4.99. The van der Waals surface area contributed by atoms with Crippen molar-refractivity contribution in [2.75, 3.05) is 18.9 Å². The van der Waals surface area contributed by atoms with Gasteiger partial charge in [-0.05, 0) is 49.2 Å². The van der Waals surface area contributed by atoms with Gasteiger partial charge in [0.2, 0.25) is 15.9 Å². The molecule has 0 atom stereocenters. The van der Waals surface area contributed by atoms with Gasteiger partial charge in [-0.2, -0.15) is 4.31 Å². The largest absolute Gasteiger partial charge is 0.448 e. The van der Waals surface area contributed by atoms with E-state index in [2.05, 4.69) is 5.32 Å². The maximum absolute atomic E-state index is 12.6. The molecule has 0 saturated heterocycles. The van der Waals surface area contributed by atoms with Crippen molar-refractivity contribution in [2.24, 2.45) is 0 Å². The van der Waals surface area contributed by atoms with Crippen LogP contribution in [0, 0.1) is 0 Å². The van der Waals surface area contributed by atoms with Crippen LogP contribution in [-0.4, -0.2) is 38.0 Å². The van der Waals surface area contributed by atoms with Gasteiger partial charge < -0.3 is 14.8 Å². The highest BCUT2D eigenvalue weighted by Crippen LogP contribution is 2.46. The van der Waals surface area contributed by atoms with Crippen LogP contribution in [0.5, 0.6) is 11.5 Å². The number of rotatable bonds is 5. The summed E-state index contributed by atoms with van der Waals surface area (Å²) < 4.78 is 38.3. The standard InChI is InChI=1S/C21H23ClN2O5S/c1-24(30(26,27)17-8-5-15(22)6-9-17)14-20(25)23-16-7-10-18-19(13-16)29-21(28-18)11-3-2-4-12-21/h5-10,13H,2-4,11-12,14H2,1H3,(H,23,25). The minimum absolute atomic E-state index is 0.0723. The highest BCUT2D eigenvalue weighted by molar-refractivity contribution is 7.89. The van der Waals surface area contributed by atoms with Crippen LogP contribution in [-0.2, 0) is 14.8 Å². The van der Waals surface area contributed by atoms with E-state index in [4.69, 9.17) is 21.1 Å². The Morgan fingerprint density at radius 2 is 1.73 bits per heavy atom. The molecule has 2 aliphatic rings. The molecule has 2 aromatic carbocycles. The van der Waals surface area contributed by atoms with Gasteiger partial charge in [-0.1, -0.05) is 18.0 Å². The van der Waals surface area contributed by atoms with Gasteiger partial charge in [0.05, 0.1) is 11.4 Å². The van der Waals surface area contributed by atoms with Crippen LogP contribution in [0.15, 0.2) is 47.4 Å². The first-order valence-corrected chi connectivity index (χ1v) is 11.6. The van der Waals surface area contributed by atoms with Gasteiger partial charge in [0.25, 0.3) is 5.79 Å². The Labute approximate surface area is 181 Å². The Bertz CT molecular complexity index is 1050. The molecule has 1 heterocycles. The molecule has 1 saturated carbocycles. The number of nitrogens with one attached hydrogen (secondary N) is 1. The van der Waals surface area contributed by atoms with Crippen LogP contribution in [0.2, 0.25) is 5.02 Å². The van der Waals surface area contributed by atoms with Crippen LogP contribution < -0.4 is 14.8 Å². The first-order valence-electron chi connectivity index (χ1n) is 9.81. The number of carbonyl (C=O) groups is 1. The van der Waals surface area contributed by atoms with Crippen LogP contribution in [0.3, 0.4) is 0 Å². The van der Waals surface area contributed by atoms with Crippen LogP contribution in [0.4, 0.5) is 5.69 Å². The molecular weight excluding hydrogens is 428 g/mol. The average Bonchev–Trinajstić information content (AvgIpc) is 3.05. The fraction of sp³-hybridized carbons (Fsp3) is 0.381. The van der Waals surface area contributed by atoms with Crippen molar-refractivity contribution in [3.05, 3.63) is 47.5 Å². The van der Waals surface area contributed by atoms with Gasteiger partial charge in [-0.25, -0.2) is 8.42 Å². The summed E-state index contributed by atoms with van der Waals surface area (Å²) in [5, 5.41) is 3.16. The number of likely N-dealkylation sites (N-methyl/N-ethyl adjacent to an activating group) is 1. The summed E-state index contributed by atoms with van der Waals surface area (Å²) in [6.45, 7) is -0.330. The molecule has 4 rings (SSSR count). The fourth-order valence-electron chi connectivity index (χ4n) is 3.74. The number of carbonyl (C=O) groups excluding carboxylic acids is 1. The topological polar surface area (TPSA) is 84.9 Å². The number of hydrogen-bond donors (Lipinski definition) is 1. The predicted molar refractivity (Wildman–Crippen MR) is 113 cm³/mol. The van der Waals surface area contributed by atoms with Crippen molar-refractivity contribution in [1.29, 1.82) is 0 Å². The molecular formula is C21H23ClN2O5S. The summed E-state index contributed by atoms with van der Waals surface area (Å²) >= 11 is 5.81. The Hall–Kier alpha value is -2.29. The van der Waals surface area contributed by atoms with Gasteiger partial charge in [0.15, 0.2) is 11.5 Å². The van der Waals surface area contributed by atoms with E-state index in [1.807, 2.05) is 0 Å². The van der Waals surface area contributed by atoms with E-state index in [-0.39, 0.29) is 11.4 Å². The molecule has 1 aliphatic heterocycles. The molecule has 0 unspecified atom stereocenters. The van der Waals surface area contributed by atoms with E-state index in [1.165, 1.54) is 37.7 Å². The van der Waals surface area contributed by atoms with Gasteiger partial charge in [-0.15, -0.1) is 0 Å². The summed E-state index contributed by atoms with van der Waals surface area (Å²) in [7, 11) is -2.45. The molecule has 1 fully saturated rings. The molecule has 1 aliphatic carbocycles. The van der Waals surface area contributed by atoms with E-state index in [0.717, 1.165) is 30.0 Å². The van der Waals surface area contributed by atoms with E-state index in [9.17, 15) is 13.2 Å². The molecule has 1 amide bonds. The van der Waals surface area contributed by atoms with E-state index in [1.54, 1.807) is 18.2 Å². The summed E-state index contributed by atoms with van der Waals surface area (Å²) in [6, 6.07) is 11.0. The molecule has 2 aromatic rings. The molecule has 1 N–H and O–H groups in total. The van der Waals surface area contributed by atoms with E-state index < -0.39 is 21.7 Å². The lowest BCUT2D eigenvalue weighted by molar-refractivity contribution is -0.116. The minimum atomic E-state index is -3.80. The highest BCUT2D eigenvalue weighted by atomic mass is 35.5. The zero-order valence-corrected chi connectivity index (χ0v) is 18.1. The number of halogens is 1. The zero-order valence-electron chi connectivity index (χ0n) is 16.6. The summed E-state index contributed by atoms with van der Waals surface area (Å²) in [4.78, 5) is 12.5. The SMILES string of the molecule is CN(CC(=O)Nc1ccc2c(c1)OC1(CCCCC1)O2)S(=O)(=O)c1ccc(Cl)cc1. The van der Waals surface area contributed by atoms with Gasteiger partial charge in [0.1, 0.15) is 0 Å². The third-order valence-corrected chi connectivity index (χ3v) is 7.39. The lowest BCUT2D eigenvalue weighted by atomic mass is 9.94. The summed E-state index contributed by atoms with van der Waals surface area (Å²) in [5.41, 5.74) is 0.521. The normalized spacial score (nSPS) is 17.3. The second kappa shape index (κ2) is 8.09. The summed E-state index contributed by atoms with van der Waals surface area (Å²) in [5.74, 6) is 0.214. The minimum Gasteiger partial charge on any atom is -0.448 e. The number of hydrogen-bond acceptors (Lipinski definition) is 5. The van der Waals surface area contributed by atoms with E-state index >= 15 is 0 Å². The van der Waals surface area contributed by atoms with Gasteiger partial charge in [-0.3, -0.25) is 4.79 Å². The Kier molecular flexibility index (Phi) is 5.65. The second-order valence-corrected chi connectivity index (χ2v) is 10.1. The third kappa shape index (κ3) is 4.26. The highest BCUT2D eigenvalue weighted by Gasteiger charge is 2.42. The quantitative estimate of drug-likeness (QED) is 0.743. The van der Waals surface area contributed by atoms with Crippen molar-refractivity contribution in [2.45, 2.75) is 42.8 Å². The maximum Gasteiger partial charge on any atom is 0.251 e. The number of benzene rings is 2. The lowest BCUT2D eigenvalue weighted by Gasteiger charge is -2.31. The number of sulfonamides is 1. The zero-order chi connectivity index (χ0) is 21.4. The van der Waals surface area contributed by atoms with Crippen molar-refractivity contribution >= 4 is 33.2 Å². The average molecular weight is 451 g/mol. The van der Waals surface area contributed by atoms with Crippen LogP contribution in [0.1, 0.15) is 32.1 Å². The molecule has 9 heteroatoms. The third-order valence-electron chi connectivity index (χ3n) is 5.32. The maximum atomic E-state index is 12.6. The molecule has 0 radical (unpaired) electrons. The van der Waals surface area contributed by atoms with Gasteiger partial charge in [0, 0.05) is 36.7 Å². The number of anilines is 1. The Morgan fingerprint density at radius 1 is 1.07 bits per heavy atom. The molecule has 0 aromatic heterocycles. The number of ether oxygens (including phenoxy) is 2. The van der Waals surface area contributed by atoms with Crippen molar-refractivity contribution in [1.82, 2.24) is 4.31 Å². The van der Waals surface area contributed by atoms with Crippen molar-refractivity contribution in [3.63, 3.8) is 0 Å². The van der Waals surface area contributed by atoms with Gasteiger partial charge >= 0.3 is 0 Å².